The molecule has 1 aliphatic carbocycles. The predicted molar refractivity (Wildman–Crippen MR) is 74.1 cm³/mol. The lowest BCUT2D eigenvalue weighted by molar-refractivity contribution is -0.120. The number of carbonyl (C=O) groups is 1. The van der Waals surface area contributed by atoms with Gasteiger partial charge in [0.25, 0.3) is 5.91 Å². The molecule has 1 amide bonds. The lowest BCUT2D eigenvalue weighted by Crippen LogP contribution is -2.38. The number of nitrogens with one attached hydrogen (secondary N) is 2. The van der Waals surface area contributed by atoms with Gasteiger partial charge < -0.3 is 9.73 Å². The molecular weight excluding hydrogens is 242 g/mol. The van der Waals surface area contributed by atoms with Crippen molar-refractivity contribution in [2.75, 3.05) is 6.54 Å². The second kappa shape index (κ2) is 7.09. The minimum absolute atomic E-state index is 0.120. The Bertz CT molecular complexity index is 434. The molecule has 1 saturated carbocycles. The molecule has 0 atom stereocenters. The van der Waals surface area contributed by atoms with Crippen LogP contribution in [-0.4, -0.2) is 24.7 Å². The maximum atomic E-state index is 11.6. The molecule has 0 bridgehead atoms. The number of hydrazone groups is 1. The number of rotatable bonds is 5. The molecule has 1 aromatic heterocycles. The van der Waals surface area contributed by atoms with E-state index < -0.39 is 0 Å². The fourth-order valence-electron chi connectivity index (χ4n) is 2.27. The Kier molecular flexibility index (Phi) is 5.15. The third-order valence-electron chi connectivity index (χ3n) is 3.30. The van der Waals surface area contributed by atoms with Crippen LogP contribution in [0, 0.1) is 6.92 Å². The summed E-state index contributed by atoms with van der Waals surface area (Å²) >= 11 is 0. The summed E-state index contributed by atoms with van der Waals surface area (Å²) in [6, 6.07) is 4.15. The summed E-state index contributed by atoms with van der Waals surface area (Å²) in [5, 5.41) is 7.13. The van der Waals surface area contributed by atoms with Crippen molar-refractivity contribution in [3.63, 3.8) is 0 Å². The van der Waals surface area contributed by atoms with Gasteiger partial charge in [0.2, 0.25) is 0 Å². The van der Waals surface area contributed by atoms with Crippen LogP contribution in [0.25, 0.3) is 0 Å². The molecule has 0 unspecified atom stereocenters. The summed E-state index contributed by atoms with van der Waals surface area (Å²) in [6.07, 6.45) is 7.68. The zero-order valence-electron chi connectivity index (χ0n) is 11.3. The van der Waals surface area contributed by atoms with Crippen LogP contribution in [0.1, 0.15) is 43.6 Å². The first-order valence-electron chi connectivity index (χ1n) is 6.86. The molecule has 2 rings (SSSR count). The number of hydrogen-bond donors (Lipinski definition) is 2. The molecular formula is C14H21N3O2. The highest BCUT2D eigenvalue weighted by molar-refractivity contribution is 5.81. The Morgan fingerprint density at radius 1 is 1.42 bits per heavy atom. The Labute approximate surface area is 113 Å². The molecule has 0 spiro atoms. The standard InChI is InChI=1S/C14H21N3O2/c1-11-7-8-13(19-11)9-16-17-14(18)10-15-12-5-3-2-4-6-12/h7-9,12,15H,2-6,10H2,1H3,(H,17,18)/b16-9-. The summed E-state index contributed by atoms with van der Waals surface area (Å²) in [7, 11) is 0. The predicted octanol–water partition coefficient (Wildman–Crippen LogP) is 1.96. The monoisotopic (exact) mass is 263 g/mol. The molecule has 0 radical (unpaired) electrons. The van der Waals surface area contributed by atoms with E-state index >= 15 is 0 Å². The molecule has 104 valence electrons. The normalized spacial score (nSPS) is 16.9. The maximum Gasteiger partial charge on any atom is 0.254 e. The number of aryl methyl sites for hydroxylation is 1. The van der Waals surface area contributed by atoms with Gasteiger partial charge in [-0.05, 0) is 31.9 Å². The van der Waals surface area contributed by atoms with E-state index in [-0.39, 0.29) is 5.91 Å². The summed E-state index contributed by atoms with van der Waals surface area (Å²) in [6.45, 7) is 2.18. The number of furan rings is 1. The zero-order valence-corrected chi connectivity index (χ0v) is 11.3. The minimum atomic E-state index is -0.120. The number of carbonyl (C=O) groups excluding carboxylic acids is 1. The number of hydrogen-bond acceptors (Lipinski definition) is 4. The van der Waals surface area contributed by atoms with Gasteiger partial charge in [-0.1, -0.05) is 19.3 Å². The number of amides is 1. The molecule has 0 saturated heterocycles. The van der Waals surface area contributed by atoms with Gasteiger partial charge in [0, 0.05) is 6.04 Å². The van der Waals surface area contributed by atoms with Crippen molar-refractivity contribution < 1.29 is 9.21 Å². The highest BCUT2D eigenvalue weighted by Gasteiger charge is 2.13. The Balaban J connectivity index is 1.65. The van der Waals surface area contributed by atoms with E-state index in [0.29, 0.717) is 18.3 Å². The molecule has 1 aromatic rings. The van der Waals surface area contributed by atoms with E-state index in [1.807, 2.05) is 19.1 Å². The fourth-order valence-corrected chi connectivity index (χ4v) is 2.27. The van der Waals surface area contributed by atoms with Crippen LogP contribution in [0.5, 0.6) is 0 Å². The fraction of sp³-hybridized carbons (Fsp3) is 0.571. The Morgan fingerprint density at radius 2 is 2.21 bits per heavy atom. The molecule has 5 nitrogen and oxygen atoms in total. The quantitative estimate of drug-likeness (QED) is 0.630. The molecule has 2 N–H and O–H groups in total. The van der Waals surface area contributed by atoms with Gasteiger partial charge in [-0.3, -0.25) is 4.79 Å². The maximum absolute atomic E-state index is 11.6. The zero-order chi connectivity index (χ0) is 13.5. The molecule has 5 heteroatoms. The lowest BCUT2D eigenvalue weighted by atomic mass is 9.95. The van der Waals surface area contributed by atoms with Crippen molar-refractivity contribution in [1.82, 2.24) is 10.7 Å². The molecule has 1 heterocycles. The van der Waals surface area contributed by atoms with Gasteiger partial charge in [-0.25, -0.2) is 5.43 Å². The topological polar surface area (TPSA) is 66.6 Å². The van der Waals surface area contributed by atoms with Gasteiger partial charge in [0.1, 0.15) is 11.5 Å². The summed E-state index contributed by atoms with van der Waals surface area (Å²) in [4.78, 5) is 11.6. The van der Waals surface area contributed by atoms with E-state index in [9.17, 15) is 4.79 Å². The SMILES string of the molecule is Cc1ccc(/C=N\NC(=O)CNC2CCCCC2)o1. The smallest absolute Gasteiger partial charge is 0.254 e. The number of nitrogens with zero attached hydrogens (tertiary/aromatic N) is 1. The lowest BCUT2D eigenvalue weighted by Gasteiger charge is -2.22. The van der Waals surface area contributed by atoms with Crippen LogP contribution in [0.3, 0.4) is 0 Å². The van der Waals surface area contributed by atoms with E-state index in [0.717, 1.165) is 5.76 Å². The van der Waals surface area contributed by atoms with E-state index in [4.69, 9.17) is 4.42 Å². The van der Waals surface area contributed by atoms with E-state index in [1.165, 1.54) is 38.3 Å². The van der Waals surface area contributed by atoms with Gasteiger partial charge >= 0.3 is 0 Å². The second-order valence-electron chi connectivity index (χ2n) is 4.96. The van der Waals surface area contributed by atoms with Crippen LogP contribution in [0.4, 0.5) is 0 Å². The Morgan fingerprint density at radius 3 is 2.89 bits per heavy atom. The van der Waals surface area contributed by atoms with Crippen molar-refractivity contribution in [2.45, 2.75) is 45.1 Å². The van der Waals surface area contributed by atoms with Gasteiger partial charge in [-0.15, -0.1) is 0 Å². The molecule has 1 aliphatic rings. The van der Waals surface area contributed by atoms with Crippen LogP contribution < -0.4 is 10.7 Å². The second-order valence-corrected chi connectivity index (χ2v) is 4.96. The van der Waals surface area contributed by atoms with E-state index in [2.05, 4.69) is 15.8 Å². The summed E-state index contributed by atoms with van der Waals surface area (Å²) in [5.41, 5.74) is 2.49. The molecule has 1 fully saturated rings. The van der Waals surface area contributed by atoms with E-state index in [1.54, 1.807) is 0 Å². The average molecular weight is 263 g/mol. The molecule has 0 aliphatic heterocycles. The van der Waals surface area contributed by atoms with Crippen molar-refractivity contribution in [3.8, 4) is 0 Å². The average Bonchev–Trinajstić information content (AvgIpc) is 2.83. The third-order valence-corrected chi connectivity index (χ3v) is 3.30. The van der Waals surface area contributed by atoms with Gasteiger partial charge in [0.05, 0.1) is 12.8 Å². The van der Waals surface area contributed by atoms with Crippen LogP contribution in [-0.2, 0) is 4.79 Å². The summed E-state index contributed by atoms with van der Waals surface area (Å²) in [5.74, 6) is 1.34. The molecule has 19 heavy (non-hydrogen) atoms. The summed E-state index contributed by atoms with van der Waals surface area (Å²) < 4.78 is 5.30. The van der Waals surface area contributed by atoms with Crippen molar-refractivity contribution >= 4 is 12.1 Å². The van der Waals surface area contributed by atoms with Gasteiger partial charge in [-0.2, -0.15) is 5.10 Å². The van der Waals surface area contributed by atoms with Gasteiger partial charge in [0.15, 0.2) is 0 Å². The van der Waals surface area contributed by atoms with Crippen molar-refractivity contribution in [3.05, 3.63) is 23.7 Å². The largest absolute Gasteiger partial charge is 0.460 e. The first-order chi connectivity index (χ1) is 9.24. The highest BCUT2D eigenvalue weighted by atomic mass is 16.3. The van der Waals surface area contributed by atoms with Crippen LogP contribution >= 0.6 is 0 Å². The van der Waals surface area contributed by atoms with Crippen LogP contribution in [0.2, 0.25) is 0 Å². The third kappa shape index (κ3) is 4.87. The van der Waals surface area contributed by atoms with Crippen LogP contribution in [0.15, 0.2) is 21.7 Å². The minimum Gasteiger partial charge on any atom is -0.460 e. The van der Waals surface area contributed by atoms with Crippen molar-refractivity contribution in [2.24, 2.45) is 5.10 Å². The molecule has 0 aromatic carbocycles. The first-order valence-corrected chi connectivity index (χ1v) is 6.86. The Hall–Kier alpha value is -1.62. The highest BCUT2D eigenvalue weighted by Crippen LogP contribution is 2.16. The first kappa shape index (κ1) is 13.8. The van der Waals surface area contributed by atoms with Crippen molar-refractivity contribution in [1.29, 1.82) is 0 Å².